The smallest absolute Gasteiger partial charge is 0.219 e. The molecule has 6 heteroatoms. The summed E-state index contributed by atoms with van der Waals surface area (Å²) >= 11 is 3.55. The highest BCUT2D eigenvalue weighted by atomic mass is 79.9. The molecule has 1 amide bonds. The van der Waals surface area contributed by atoms with Gasteiger partial charge >= 0.3 is 0 Å². The van der Waals surface area contributed by atoms with Gasteiger partial charge in [-0.1, -0.05) is 6.07 Å². The summed E-state index contributed by atoms with van der Waals surface area (Å²) < 4.78 is 12.6. The van der Waals surface area contributed by atoms with Crippen LogP contribution in [0.15, 0.2) is 53.0 Å². The van der Waals surface area contributed by atoms with E-state index in [1.54, 1.807) is 0 Å². The molecule has 1 heterocycles. The number of benzene rings is 2. The van der Waals surface area contributed by atoms with Gasteiger partial charge in [0.2, 0.25) is 11.8 Å². The lowest BCUT2D eigenvalue weighted by Gasteiger charge is -2.14. The zero-order chi connectivity index (χ0) is 20.4. The molecule has 5 nitrogen and oxygen atoms in total. The molecule has 1 saturated carbocycles. The molecule has 0 saturated heterocycles. The minimum atomic E-state index is -0.0502. The fourth-order valence-corrected chi connectivity index (χ4v) is 3.59. The van der Waals surface area contributed by atoms with Gasteiger partial charge in [0.25, 0.3) is 0 Å². The van der Waals surface area contributed by atoms with E-state index in [1.807, 2.05) is 55.5 Å². The Kier molecular flexibility index (Phi) is 5.72. The molecule has 150 valence electrons. The maximum Gasteiger partial charge on any atom is 0.219 e. The third-order valence-corrected chi connectivity index (χ3v) is 5.52. The summed E-state index contributed by atoms with van der Waals surface area (Å²) in [6, 6.07) is 15.4. The lowest BCUT2D eigenvalue weighted by atomic mass is 10.1. The molecule has 2 aromatic carbocycles. The Morgan fingerprint density at radius 2 is 2.03 bits per heavy atom. The summed E-state index contributed by atoms with van der Waals surface area (Å²) in [5.41, 5.74) is 1.87. The first-order valence-electron chi connectivity index (χ1n) is 9.76. The first-order chi connectivity index (χ1) is 14.0. The molecule has 4 rings (SSSR count). The van der Waals surface area contributed by atoms with Crippen LogP contribution in [0.4, 0.5) is 0 Å². The molecule has 3 aromatic rings. The van der Waals surface area contributed by atoms with Gasteiger partial charge in [0, 0.05) is 18.4 Å². The van der Waals surface area contributed by atoms with Crippen LogP contribution in [0.25, 0.3) is 10.9 Å². The third kappa shape index (κ3) is 5.07. The molecule has 1 aromatic heterocycles. The van der Waals surface area contributed by atoms with Crippen LogP contribution >= 0.6 is 15.9 Å². The van der Waals surface area contributed by atoms with Crippen LogP contribution in [0.1, 0.15) is 38.3 Å². The summed E-state index contributed by atoms with van der Waals surface area (Å²) in [5.74, 6) is 2.71. The Bertz CT molecular complexity index is 1050. The van der Waals surface area contributed by atoms with Crippen molar-refractivity contribution in [2.75, 3.05) is 6.61 Å². The van der Waals surface area contributed by atoms with Gasteiger partial charge in [0.05, 0.1) is 22.6 Å². The second-order valence-corrected chi connectivity index (χ2v) is 8.33. The van der Waals surface area contributed by atoms with E-state index >= 15 is 0 Å². The Labute approximate surface area is 178 Å². The molecule has 1 aliphatic carbocycles. The van der Waals surface area contributed by atoms with Gasteiger partial charge in [-0.25, -0.2) is 4.98 Å². The van der Waals surface area contributed by atoms with Crippen molar-refractivity contribution in [2.45, 2.75) is 32.7 Å². The quantitative estimate of drug-likeness (QED) is 0.491. The van der Waals surface area contributed by atoms with Gasteiger partial charge in [0.15, 0.2) is 0 Å². The minimum Gasteiger partial charge on any atom is -0.492 e. The van der Waals surface area contributed by atoms with Crippen LogP contribution in [0.2, 0.25) is 0 Å². The van der Waals surface area contributed by atoms with Gasteiger partial charge < -0.3 is 14.8 Å². The van der Waals surface area contributed by atoms with Crippen LogP contribution in [0.5, 0.6) is 17.4 Å². The molecular weight excluding hydrogens is 432 g/mol. The highest BCUT2D eigenvalue weighted by Crippen LogP contribution is 2.34. The summed E-state index contributed by atoms with van der Waals surface area (Å²) in [6.45, 7) is 4.25. The van der Waals surface area contributed by atoms with E-state index in [-0.39, 0.29) is 11.9 Å². The predicted molar refractivity (Wildman–Crippen MR) is 116 cm³/mol. The van der Waals surface area contributed by atoms with Gasteiger partial charge in [-0.05, 0) is 83.6 Å². The van der Waals surface area contributed by atoms with Crippen LogP contribution in [0, 0.1) is 5.92 Å². The molecule has 1 unspecified atom stereocenters. The van der Waals surface area contributed by atoms with Crippen LogP contribution in [-0.4, -0.2) is 17.5 Å². The highest BCUT2D eigenvalue weighted by molar-refractivity contribution is 9.10. The molecule has 1 fully saturated rings. The first-order valence-corrected chi connectivity index (χ1v) is 10.6. The van der Waals surface area contributed by atoms with E-state index in [2.05, 4.69) is 26.2 Å². The lowest BCUT2D eigenvalue weighted by Crippen LogP contribution is -2.23. The van der Waals surface area contributed by atoms with Crippen molar-refractivity contribution in [3.05, 3.63) is 58.6 Å². The Hall–Kier alpha value is -2.60. The van der Waals surface area contributed by atoms with Crippen LogP contribution in [-0.2, 0) is 4.79 Å². The predicted octanol–water partition coefficient (Wildman–Crippen LogP) is 5.78. The number of pyridine rings is 1. The average Bonchev–Trinajstić information content (AvgIpc) is 3.51. The topological polar surface area (TPSA) is 60.5 Å². The summed E-state index contributed by atoms with van der Waals surface area (Å²) in [4.78, 5) is 15.9. The van der Waals surface area contributed by atoms with Gasteiger partial charge in [-0.2, -0.15) is 0 Å². The number of carbonyl (C=O) groups excluding carboxylic acids is 1. The number of ether oxygens (including phenoxy) is 2. The number of nitrogens with zero attached hydrogens (tertiary/aromatic N) is 1. The van der Waals surface area contributed by atoms with Crippen molar-refractivity contribution in [3.63, 3.8) is 0 Å². The number of carbonyl (C=O) groups is 1. The van der Waals surface area contributed by atoms with E-state index in [1.165, 1.54) is 19.8 Å². The first kappa shape index (κ1) is 19.7. The maximum absolute atomic E-state index is 11.3. The van der Waals surface area contributed by atoms with E-state index in [4.69, 9.17) is 9.47 Å². The van der Waals surface area contributed by atoms with Gasteiger partial charge in [-0.3, -0.25) is 4.79 Å². The molecule has 0 aliphatic heterocycles. The summed E-state index contributed by atoms with van der Waals surface area (Å²) in [7, 11) is 0. The molecule has 29 heavy (non-hydrogen) atoms. The number of fused-ring (bicyclic) bond motifs is 1. The number of aromatic nitrogens is 1. The molecule has 1 aliphatic rings. The highest BCUT2D eigenvalue weighted by Gasteiger charge is 2.22. The molecule has 0 spiro atoms. The maximum atomic E-state index is 11.3. The number of halogens is 1. The number of hydrogen-bond acceptors (Lipinski definition) is 4. The fraction of sp³-hybridized carbons (Fsp3) is 0.304. The molecule has 1 atom stereocenters. The molecule has 0 radical (unpaired) electrons. The van der Waals surface area contributed by atoms with Crippen molar-refractivity contribution in [1.29, 1.82) is 0 Å². The lowest BCUT2D eigenvalue weighted by molar-refractivity contribution is -0.119. The van der Waals surface area contributed by atoms with Crippen molar-refractivity contribution in [1.82, 2.24) is 10.3 Å². The Balaban J connectivity index is 1.47. The molecular formula is C23H23BrN2O3. The molecule has 1 N–H and O–H groups in total. The largest absolute Gasteiger partial charge is 0.492 e. The Morgan fingerprint density at radius 1 is 1.21 bits per heavy atom. The van der Waals surface area contributed by atoms with Crippen LogP contribution in [0.3, 0.4) is 0 Å². The SMILES string of the molecule is CC(=O)NC(C)c1ccc2nc(Oc3ccc(OCC4CC4)c(Br)c3)ccc2c1. The molecule has 0 bridgehead atoms. The number of rotatable bonds is 7. The normalized spacial score (nSPS) is 14.4. The number of nitrogens with one attached hydrogen (secondary N) is 1. The fourth-order valence-electron chi connectivity index (χ4n) is 3.11. The summed E-state index contributed by atoms with van der Waals surface area (Å²) in [6.07, 6.45) is 2.53. The Morgan fingerprint density at radius 3 is 2.76 bits per heavy atom. The average molecular weight is 455 g/mol. The van der Waals surface area contributed by atoms with E-state index in [0.717, 1.165) is 33.3 Å². The zero-order valence-electron chi connectivity index (χ0n) is 16.4. The monoisotopic (exact) mass is 454 g/mol. The van der Waals surface area contributed by atoms with E-state index in [9.17, 15) is 4.79 Å². The van der Waals surface area contributed by atoms with E-state index in [0.29, 0.717) is 17.5 Å². The van der Waals surface area contributed by atoms with Crippen LogP contribution < -0.4 is 14.8 Å². The number of amides is 1. The second kappa shape index (κ2) is 8.41. The van der Waals surface area contributed by atoms with Crippen molar-refractivity contribution < 1.29 is 14.3 Å². The van der Waals surface area contributed by atoms with E-state index < -0.39 is 0 Å². The number of hydrogen-bond donors (Lipinski definition) is 1. The van der Waals surface area contributed by atoms with Gasteiger partial charge in [0.1, 0.15) is 11.5 Å². The summed E-state index contributed by atoms with van der Waals surface area (Å²) in [5, 5.41) is 3.89. The van der Waals surface area contributed by atoms with Crippen molar-refractivity contribution in [3.8, 4) is 17.4 Å². The van der Waals surface area contributed by atoms with Gasteiger partial charge in [-0.15, -0.1) is 0 Å². The van der Waals surface area contributed by atoms with Crippen molar-refractivity contribution in [2.24, 2.45) is 5.92 Å². The van der Waals surface area contributed by atoms with Crippen molar-refractivity contribution >= 4 is 32.7 Å². The third-order valence-electron chi connectivity index (χ3n) is 4.90. The minimum absolute atomic E-state index is 0.0467. The second-order valence-electron chi connectivity index (χ2n) is 7.47. The zero-order valence-corrected chi connectivity index (χ0v) is 18.0. The standard InChI is InChI=1S/C23H23BrN2O3/c1-14(25-15(2)27)17-5-8-21-18(11-17)6-10-23(26-21)29-19-7-9-22(20(24)12-19)28-13-16-3-4-16/h5-12,14,16H,3-4,13H2,1-2H3,(H,25,27).